The Labute approximate surface area is 607 Å². The second kappa shape index (κ2) is 70.4. The Kier molecular flexibility index (Phi) is 69.0. The summed E-state index contributed by atoms with van der Waals surface area (Å²) in [6, 6.07) is 0. The molecule has 0 aliphatic heterocycles. The Hall–Kier alpha value is -1.94. The Morgan fingerprint density at radius 3 is 0.687 bits per heavy atom. The van der Waals surface area contributed by atoms with Crippen molar-refractivity contribution in [1.29, 1.82) is 0 Å². The van der Waals surface area contributed by atoms with Crippen LogP contribution in [0.2, 0.25) is 0 Å². The molecule has 0 saturated carbocycles. The molecule has 0 aromatic rings. The van der Waals surface area contributed by atoms with E-state index < -0.39 is 97.5 Å². The lowest BCUT2D eigenvalue weighted by Crippen LogP contribution is -2.30. The zero-order chi connectivity index (χ0) is 73.0. The lowest BCUT2D eigenvalue weighted by atomic mass is 10.0. The smallest absolute Gasteiger partial charge is 0.462 e. The first-order valence-electron chi connectivity index (χ1n) is 41.3. The van der Waals surface area contributed by atoms with Crippen LogP contribution in [0.4, 0.5) is 0 Å². The third kappa shape index (κ3) is 74.1. The minimum absolute atomic E-state index is 0.106. The molecule has 17 nitrogen and oxygen atoms in total. The number of aliphatic hydroxyl groups is 1. The maximum Gasteiger partial charge on any atom is 0.472 e. The fourth-order valence-corrected chi connectivity index (χ4v) is 13.9. The van der Waals surface area contributed by atoms with Gasteiger partial charge in [0.05, 0.1) is 26.4 Å². The molecule has 19 heteroatoms. The number of phosphoric ester groups is 2. The number of hydrogen-bond donors (Lipinski definition) is 3. The van der Waals surface area contributed by atoms with Crippen molar-refractivity contribution in [2.24, 2.45) is 17.8 Å². The van der Waals surface area contributed by atoms with Gasteiger partial charge in [-0.3, -0.25) is 37.3 Å². The molecule has 0 amide bonds. The number of phosphoric acid groups is 2. The molecule has 0 rings (SSSR count). The Bertz CT molecular complexity index is 1920. The van der Waals surface area contributed by atoms with Crippen LogP contribution in [0.5, 0.6) is 0 Å². The van der Waals surface area contributed by atoms with Gasteiger partial charge >= 0.3 is 39.5 Å². The first kappa shape index (κ1) is 97.1. The number of aliphatic hydroxyl groups excluding tert-OH is 1. The van der Waals surface area contributed by atoms with Gasteiger partial charge in [0, 0.05) is 25.7 Å². The minimum Gasteiger partial charge on any atom is -0.462 e. The van der Waals surface area contributed by atoms with Crippen LogP contribution in [0, 0.1) is 17.8 Å². The van der Waals surface area contributed by atoms with Gasteiger partial charge in [0.15, 0.2) is 12.2 Å². The van der Waals surface area contributed by atoms with E-state index in [4.69, 9.17) is 37.0 Å². The van der Waals surface area contributed by atoms with Crippen molar-refractivity contribution in [3.8, 4) is 0 Å². The average molecular weight is 1450 g/mol. The number of esters is 4. The van der Waals surface area contributed by atoms with Gasteiger partial charge in [0.25, 0.3) is 0 Å². The monoisotopic (exact) mass is 1450 g/mol. The van der Waals surface area contributed by atoms with Crippen LogP contribution in [0.25, 0.3) is 0 Å². The SMILES string of the molecule is CCCCCCCCCC(=O)OC[C@H](COP(=O)(O)OC[C@H](O)COP(=O)(O)OC[C@@H](COC(=O)CCCCCCCCCCCCCCCCCC(C)C)OC(=O)CCCCCCCCCCCCCCCCCCC(C)C)OC(=O)CCCCCCCCCCCCCCC(C)C. The predicted molar refractivity (Wildman–Crippen MR) is 405 cm³/mol. The fraction of sp³-hybridized carbons (Fsp3) is 0.950. The maximum atomic E-state index is 13.1. The first-order valence-corrected chi connectivity index (χ1v) is 44.3. The van der Waals surface area contributed by atoms with Gasteiger partial charge in [-0.1, -0.05) is 363 Å². The summed E-state index contributed by atoms with van der Waals surface area (Å²) in [5.41, 5.74) is 0. The summed E-state index contributed by atoms with van der Waals surface area (Å²) in [4.78, 5) is 72.8. The van der Waals surface area contributed by atoms with E-state index in [2.05, 4.69) is 48.5 Å². The maximum absolute atomic E-state index is 13.1. The average Bonchev–Trinajstić information content (AvgIpc) is 0.984. The molecule has 5 atom stereocenters. The molecule has 0 spiro atoms. The molecule has 0 aromatic carbocycles. The number of ether oxygens (including phenoxy) is 4. The third-order valence-electron chi connectivity index (χ3n) is 18.6. The summed E-state index contributed by atoms with van der Waals surface area (Å²) in [7, 11) is -9.91. The minimum atomic E-state index is -4.96. The molecule has 0 aromatic heterocycles. The molecule has 0 heterocycles. The van der Waals surface area contributed by atoms with Crippen molar-refractivity contribution in [1.82, 2.24) is 0 Å². The normalized spacial score (nSPS) is 14.0. The number of unbranched alkanes of at least 4 members (excludes halogenated alkanes) is 46. The van der Waals surface area contributed by atoms with Crippen molar-refractivity contribution in [3.63, 3.8) is 0 Å². The molecule has 3 N–H and O–H groups in total. The number of carbonyl (C=O) groups excluding carboxylic acids is 4. The van der Waals surface area contributed by atoms with Gasteiger partial charge < -0.3 is 33.8 Å². The molecule has 0 aliphatic carbocycles. The van der Waals surface area contributed by atoms with Crippen molar-refractivity contribution >= 4 is 39.5 Å². The van der Waals surface area contributed by atoms with E-state index in [-0.39, 0.29) is 25.7 Å². The number of carbonyl (C=O) groups is 4. The third-order valence-corrected chi connectivity index (χ3v) is 20.5. The Morgan fingerprint density at radius 1 is 0.273 bits per heavy atom. The van der Waals surface area contributed by atoms with Crippen LogP contribution >= 0.6 is 15.6 Å². The highest BCUT2D eigenvalue weighted by Gasteiger charge is 2.30. The largest absolute Gasteiger partial charge is 0.472 e. The van der Waals surface area contributed by atoms with Crippen molar-refractivity contribution in [2.45, 2.75) is 433 Å². The highest BCUT2D eigenvalue weighted by atomic mass is 31.2. The fourth-order valence-electron chi connectivity index (χ4n) is 12.3. The van der Waals surface area contributed by atoms with E-state index in [0.717, 1.165) is 120 Å². The van der Waals surface area contributed by atoms with Gasteiger partial charge in [-0.05, 0) is 43.4 Å². The van der Waals surface area contributed by atoms with Gasteiger partial charge in [-0.15, -0.1) is 0 Å². The molecule has 588 valence electrons. The summed E-state index contributed by atoms with van der Waals surface area (Å²) in [5.74, 6) is 0.276. The van der Waals surface area contributed by atoms with Gasteiger partial charge in [-0.25, -0.2) is 9.13 Å². The van der Waals surface area contributed by atoms with Crippen LogP contribution in [0.1, 0.15) is 414 Å². The standard InChI is InChI=1S/C80H156O17P2/c1-8-9-10-11-37-47-54-61-77(82)90-67-75(96-79(84)64-57-50-43-36-30-24-23-27-33-40-46-53-60-73(6)7)69-94-98(86,87)92-65-74(81)66-93-99(88,89)95-70-76(68-91-78(83)62-55-48-41-34-28-21-18-14-16-20-26-32-39-45-52-59-72(4)5)97-80(85)63-56-49-42-35-29-22-17-13-12-15-19-25-31-38-44-51-58-71(2)3/h71-76,81H,8-70H2,1-7H3,(H,86,87)(H,88,89)/t74-,75+,76+/m0/s1. The Balaban J connectivity index is 5.19. The highest BCUT2D eigenvalue weighted by Crippen LogP contribution is 2.45. The second-order valence-corrected chi connectivity index (χ2v) is 33.1. The first-order chi connectivity index (χ1) is 47.7. The van der Waals surface area contributed by atoms with E-state index >= 15 is 0 Å². The number of hydrogen-bond acceptors (Lipinski definition) is 15. The highest BCUT2D eigenvalue weighted by molar-refractivity contribution is 7.47. The molecule has 0 saturated heterocycles. The van der Waals surface area contributed by atoms with Gasteiger partial charge in [0.2, 0.25) is 0 Å². The van der Waals surface area contributed by atoms with Crippen LogP contribution in [-0.2, 0) is 65.4 Å². The van der Waals surface area contributed by atoms with E-state index in [1.165, 1.54) is 212 Å². The van der Waals surface area contributed by atoms with Gasteiger partial charge in [-0.2, -0.15) is 0 Å². The van der Waals surface area contributed by atoms with Crippen LogP contribution in [-0.4, -0.2) is 96.7 Å². The van der Waals surface area contributed by atoms with E-state index in [9.17, 15) is 43.2 Å². The second-order valence-electron chi connectivity index (χ2n) is 30.2. The molecule has 2 unspecified atom stereocenters. The lowest BCUT2D eigenvalue weighted by Gasteiger charge is -2.21. The molecule has 0 aliphatic rings. The number of rotatable bonds is 78. The van der Waals surface area contributed by atoms with Crippen LogP contribution in [0.3, 0.4) is 0 Å². The lowest BCUT2D eigenvalue weighted by molar-refractivity contribution is -0.161. The zero-order valence-corrected chi connectivity index (χ0v) is 66.8. The topological polar surface area (TPSA) is 237 Å². The molecular weight excluding hydrogens is 1290 g/mol. The molecular formula is C80H156O17P2. The summed E-state index contributed by atoms with van der Waals surface area (Å²) in [6.45, 7) is 12.0. The van der Waals surface area contributed by atoms with E-state index in [1.54, 1.807) is 0 Å². The predicted octanol–water partition coefficient (Wildman–Crippen LogP) is 23.7. The van der Waals surface area contributed by atoms with Crippen molar-refractivity contribution in [3.05, 3.63) is 0 Å². The summed E-state index contributed by atoms with van der Waals surface area (Å²) >= 11 is 0. The molecule has 0 radical (unpaired) electrons. The molecule has 99 heavy (non-hydrogen) atoms. The summed E-state index contributed by atoms with van der Waals surface area (Å²) in [5, 5.41) is 10.6. The Morgan fingerprint density at radius 2 is 0.465 bits per heavy atom. The van der Waals surface area contributed by atoms with Crippen molar-refractivity contribution in [2.75, 3.05) is 39.6 Å². The molecule has 0 bridgehead atoms. The van der Waals surface area contributed by atoms with E-state index in [0.29, 0.717) is 25.7 Å². The zero-order valence-electron chi connectivity index (χ0n) is 65.0. The summed E-state index contributed by atoms with van der Waals surface area (Å²) < 4.78 is 68.6. The quantitative estimate of drug-likeness (QED) is 0.0222. The van der Waals surface area contributed by atoms with Crippen LogP contribution < -0.4 is 0 Å². The summed E-state index contributed by atoms with van der Waals surface area (Å²) in [6.07, 6.45) is 58.4. The molecule has 0 fully saturated rings. The van der Waals surface area contributed by atoms with Gasteiger partial charge in [0.1, 0.15) is 19.3 Å². The van der Waals surface area contributed by atoms with E-state index in [1.807, 2.05) is 0 Å². The van der Waals surface area contributed by atoms with Crippen LogP contribution in [0.15, 0.2) is 0 Å². The van der Waals surface area contributed by atoms with Crippen molar-refractivity contribution < 1.29 is 80.2 Å².